The molecule has 4 aliphatic heterocycles. The Morgan fingerprint density at radius 2 is 1.55 bits per heavy atom. The predicted octanol–water partition coefficient (Wildman–Crippen LogP) is 4.85. The molecule has 0 aromatic heterocycles. The van der Waals surface area contributed by atoms with E-state index in [9.17, 15) is 39.3 Å². The van der Waals surface area contributed by atoms with Crippen LogP contribution < -0.4 is 0 Å². The number of rotatable bonds is 8. The Labute approximate surface area is 377 Å². The van der Waals surface area contributed by atoms with Crippen molar-refractivity contribution >= 4 is 29.8 Å². The second-order valence-corrected chi connectivity index (χ2v) is 19.7. The number of fused-ring (bicyclic) bond motifs is 6. The van der Waals surface area contributed by atoms with Crippen molar-refractivity contribution in [3.63, 3.8) is 0 Å². The van der Waals surface area contributed by atoms with Crippen LogP contribution >= 0.6 is 0 Å². The van der Waals surface area contributed by atoms with E-state index < -0.39 is 119 Å². The molecule has 0 aromatic carbocycles. The Balaban J connectivity index is 1.92. The number of carbonyl (C=O) groups is 5. The average Bonchev–Trinajstić information content (AvgIpc) is 3.19. The predicted molar refractivity (Wildman–Crippen MR) is 229 cm³/mol. The number of esters is 5. The number of aliphatic hydroxyl groups excluding tert-OH is 2. The number of ether oxygens (including phenoxy) is 9. The third kappa shape index (κ3) is 12.6. The lowest BCUT2D eigenvalue weighted by Gasteiger charge is -2.55. The summed E-state index contributed by atoms with van der Waals surface area (Å²) in [6, 6.07) is 0. The van der Waals surface area contributed by atoms with Gasteiger partial charge in [0.2, 0.25) is 5.79 Å². The molecule has 0 saturated carbocycles. The third-order valence-electron chi connectivity index (χ3n) is 12.8. The van der Waals surface area contributed by atoms with Crippen LogP contribution in [0.3, 0.4) is 0 Å². The molecule has 0 aliphatic carbocycles. The minimum absolute atomic E-state index is 0.000292. The molecular formula is C47H72O17. The lowest BCUT2D eigenvalue weighted by atomic mass is 9.70. The molecule has 0 unspecified atom stereocenters. The van der Waals surface area contributed by atoms with Crippen LogP contribution in [0.25, 0.3) is 0 Å². The summed E-state index contributed by atoms with van der Waals surface area (Å²) in [7, 11) is 3.92. The molecule has 0 aromatic rings. The first-order valence-corrected chi connectivity index (χ1v) is 22.2. The molecule has 11 atom stereocenters. The molecular weight excluding hydrogens is 836 g/mol. The standard InChI is InChI=1S/C47H72O17/c1-13-14-37(50)62-41-29(21-39(52)57-11)20-32-24-35(27(2)48)60-40(53)23-30(49)22-33-25-36(61-42(54)43(3,4)5)45(8,9)46(58-12,63-33)26-34-18-28(19-38(51)56-10)17-31(59-34)15-16-44(6,7)47(41,55)64-32/h15-16,19,21,27,30-36,41,48-49,55H,13-14,17-18,20,22-26H2,1-12H3/b16-15+,28-19+,29-21+/t27-,30-,31+,32+,33-,34+,35-,36+,41+,46+,47-/m1/s1. The number of methoxy groups -OCH3 is 3. The van der Waals surface area contributed by atoms with Crippen molar-refractivity contribution < 1.29 is 81.9 Å². The van der Waals surface area contributed by atoms with Gasteiger partial charge in [-0.25, -0.2) is 9.59 Å². The monoisotopic (exact) mass is 908 g/mol. The van der Waals surface area contributed by atoms with Crippen LogP contribution in [0.15, 0.2) is 35.5 Å². The van der Waals surface area contributed by atoms with Gasteiger partial charge >= 0.3 is 29.8 Å². The highest BCUT2D eigenvalue weighted by molar-refractivity contribution is 5.83. The average molecular weight is 909 g/mol. The minimum atomic E-state index is -2.40. The number of carbonyl (C=O) groups excluding carboxylic acids is 5. The molecule has 3 N–H and O–H groups in total. The molecule has 17 nitrogen and oxygen atoms in total. The van der Waals surface area contributed by atoms with E-state index in [0.29, 0.717) is 12.0 Å². The molecule has 6 bridgehead atoms. The Morgan fingerprint density at radius 3 is 2.14 bits per heavy atom. The van der Waals surface area contributed by atoms with E-state index in [1.807, 2.05) is 13.8 Å². The maximum absolute atomic E-state index is 13.6. The highest BCUT2D eigenvalue weighted by atomic mass is 16.7. The van der Waals surface area contributed by atoms with E-state index in [4.69, 9.17) is 42.6 Å². The van der Waals surface area contributed by atoms with Crippen molar-refractivity contribution in [1.29, 1.82) is 0 Å². The summed E-state index contributed by atoms with van der Waals surface area (Å²) < 4.78 is 54.2. The molecule has 0 spiro atoms. The van der Waals surface area contributed by atoms with Gasteiger partial charge in [-0.3, -0.25) is 14.4 Å². The third-order valence-corrected chi connectivity index (χ3v) is 12.8. The lowest BCUT2D eigenvalue weighted by molar-refractivity contribution is -0.359. The summed E-state index contributed by atoms with van der Waals surface area (Å²) in [5.41, 5.74) is -2.52. The van der Waals surface area contributed by atoms with Gasteiger partial charge in [0, 0.05) is 56.8 Å². The first-order valence-electron chi connectivity index (χ1n) is 22.2. The minimum Gasteiger partial charge on any atom is -0.466 e. The second kappa shape index (κ2) is 21.3. The Kier molecular flexibility index (Phi) is 17.6. The fourth-order valence-electron chi connectivity index (χ4n) is 8.81. The molecule has 3 fully saturated rings. The van der Waals surface area contributed by atoms with Crippen LogP contribution in [-0.2, 0) is 66.6 Å². The topological polar surface area (TPSA) is 229 Å². The van der Waals surface area contributed by atoms with Crippen molar-refractivity contribution in [2.75, 3.05) is 21.3 Å². The van der Waals surface area contributed by atoms with E-state index in [-0.39, 0.29) is 56.9 Å². The second-order valence-electron chi connectivity index (χ2n) is 19.7. The molecule has 0 amide bonds. The van der Waals surface area contributed by atoms with Gasteiger partial charge in [-0.05, 0) is 59.0 Å². The highest BCUT2D eigenvalue weighted by Crippen LogP contribution is 2.52. The van der Waals surface area contributed by atoms with Gasteiger partial charge in [0.05, 0.1) is 68.1 Å². The smallest absolute Gasteiger partial charge is 0.330 e. The number of hydrogen-bond donors (Lipinski definition) is 3. The van der Waals surface area contributed by atoms with E-state index >= 15 is 0 Å². The van der Waals surface area contributed by atoms with E-state index in [1.54, 1.807) is 53.7 Å². The molecule has 17 heteroatoms. The molecule has 3 saturated heterocycles. The molecule has 64 heavy (non-hydrogen) atoms. The summed E-state index contributed by atoms with van der Waals surface area (Å²) in [6.07, 6.45) is -3.32. The van der Waals surface area contributed by atoms with Crippen molar-refractivity contribution in [2.24, 2.45) is 16.2 Å². The van der Waals surface area contributed by atoms with Crippen LogP contribution in [0.2, 0.25) is 0 Å². The zero-order chi connectivity index (χ0) is 48.0. The van der Waals surface area contributed by atoms with Crippen molar-refractivity contribution in [1.82, 2.24) is 0 Å². The van der Waals surface area contributed by atoms with Crippen molar-refractivity contribution in [2.45, 2.75) is 193 Å². The van der Waals surface area contributed by atoms with Crippen molar-refractivity contribution in [3.8, 4) is 0 Å². The lowest BCUT2D eigenvalue weighted by Crippen LogP contribution is -2.63. The Hall–Kier alpha value is -3.71. The summed E-state index contributed by atoms with van der Waals surface area (Å²) in [5, 5.41) is 35.3. The molecule has 362 valence electrons. The van der Waals surface area contributed by atoms with Gasteiger partial charge in [0.25, 0.3) is 0 Å². The van der Waals surface area contributed by atoms with Gasteiger partial charge in [0.1, 0.15) is 12.2 Å². The Bertz CT molecular complexity index is 1770. The van der Waals surface area contributed by atoms with Crippen molar-refractivity contribution in [3.05, 3.63) is 35.5 Å². The van der Waals surface area contributed by atoms with Crippen LogP contribution in [-0.4, -0.2) is 133 Å². The zero-order valence-electron chi connectivity index (χ0n) is 39.6. The van der Waals surface area contributed by atoms with Crippen LogP contribution in [0, 0.1) is 16.2 Å². The normalized spacial score (nSPS) is 35.8. The van der Waals surface area contributed by atoms with Gasteiger partial charge in [-0.1, -0.05) is 52.3 Å². The largest absolute Gasteiger partial charge is 0.466 e. The molecule has 4 heterocycles. The zero-order valence-corrected chi connectivity index (χ0v) is 39.6. The van der Waals surface area contributed by atoms with Crippen LogP contribution in [0.5, 0.6) is 0 Å². The van der Waals surface area contributed by atoms with Crippen LogP contribution in [0.4, 0.5) is 0 Å². The molecule has 0 radical (unpaired) electrons. The summed E-state index contributed by atoms with van der Waals surface area (Å²) in [6.45, 7) is 15.4. The van der Waals surface area contributed by atoms with Gasteiger partial charge in [-0.15, -0.1) is 0 Å². The fraction of sp³-hybridized carbons (Fsp3) is 0.766. The number of cyclic esters (lactones) is 1. The maximum Gasteiger partial charge on any atom is 0.330 e. The van der Waals surface area contributed by atoms with Gasteiger partial charge in [-0.2, -0.15) is 0 Å². The molecule has 4 aliphatic rings. The summed E-state index contributed by atoms with van der Waals surface area (Å²) in [4.78, 5) is 65.7. The van der Waals surface area contributed by atoms with E-state index in [0.717, 1.165) is 6.08 Å². The van der Waals surface area contributed by atoms with Crippen LogP contribution in [0.1, 0.15) is 127 Å². The van der Waals surface area contributed by atoms with E-state index in [1.165, 1.54) is 34.3 Å². The highest BCUT2D eigenvalue weighted by Gasteiger charge is 2.60. The first-order chi connectivity index (χ1) is 29.7. The maximum atomic E-state index is 13.6. The Morgan fingerprint density at radius 1 is 0.891 bits per heavy atom. The van der Waals surface area contributed by atoms with Gasteiger partial charge < -0.3 is 58.0 Å². The molecule has 4 rings (SSSR count). The number of aliphatic hydroxyl groups is 3. The fourth-order valence-corrected chi connectivity index (χ4v) is 8.81. The summed E-state index contributed by atoms with van der Waals surface area (Å²) in [5.74, 6) is -7.25. The summed E-state index contributed by atoms with van der Waals surface area (Å²) >= 11 is 0. The SMILES string of the molecule is CCCC(=O)O[C@H]1/C(=C/C(=O)OC)C[C@H]2C[C@H]([C@@H](C)O)OC(=O)C[C@H](O)C[C@@H]3C[C@H](OC(=O)C(C)(C)C)C(C)(C)[C@](OC)(C[C@@H]4C/C(=C/C(=O)OC)C[C@H](/C=C/C(C)(C)[C@]1(O)O2)O4)O3. The quantitative estimate of drug-likeness (QED) is 0.128. The van der Waals surface area contributed by atoms with E-state index in [2.05, 4.69) is 0 Å². The first kappa shape index (κ1) is 52.9. The number of hydrogen-bond acceptors (Lipinski definition) is 17. The van der Waals surface area contributed by atoms with Gasteiger partial charge in [0.15, 0.2) is 11.9 Å².